The molecule has 2 rings (SSSR count). The molecule has 2 N–H and O–H groups in total. The van der Waals surface area contributed by atoms with Gasteiger partial charge in [0.05, 0.1) is 12.3 Å². The smallest absolute Gasteiger partial charge is 0.344 e. The molecule has 0 radical (unpaired) electrons. The zero-order chi connectivity index (χ0) is 13.1. The van der Waals surface area contributed by atoms with Gasteiger partial charge in [0.15, 0.2) is 0 Å². The van der Waals surface area contributed by atoms with Crippen LogP contribution in [0.4, 0.5) is 0 Å². The number of aliphatic hydroxyl groups is 1. The maximum atomic E-state index is 11.8. The van der Waals surface area contributed by atoms with Gasteiger partial charge in [-0.15, -0.1) is 0 Å². The third-order valence-electron chi connectivity index (χ3n) is 2.87. The van der Waals surface area contributed by atoms with Crippen LogP contribution in [-0.2, 0) is 9.53 Å². The largest absolute Gasteiger partial charge is 0.506 e. The molecule has 1 aliphatic carbocycles. The first-order valence-electron chi connectivity index (χ1n) is 5.95. The molecule has 0 saturated heterocycles. The molecule has 0 spiro atoms. The van der Waals surface area contributed by atoms with Gasteiger partial charge >= 0.3 is 5.97 Å². The first-order valence-corrected chi connectivity index (χ1v) is 5.95. The predicted octanol–water partition coefficient (Wildman–Crippen LogP) is 2.68. The highest BCUT2D eigenvalue weighted by Gasteiger charge is 2.31. The minimum atomic E-state index is -0.623. The maximum absolute atomic E-state index is 11.8. The molecule has 0 saturated carbocycles. The van der Waals surface area contributed by atoms with E-state index in [1.165, 1.54) is 0 Å². The first kappa shape index (κ1) is 12.4. The molecule has 0 amide bonds. The maximum Gasteiger partial charge on any atom is 0.344 e. The normalized spacial score (nSPS) is 13.7. The Morgan fingerprint density at radius 2 is 2.00 bits per heavy atom. The zero-order valence-corrected chi connectivity index (χ0v) is 10.2. The molecule has 1 aliphatic rings. The molecular formula is C14H15NO3. The molecule has 0 fully saturated rings. The van der Waals surface area contributed by atoms with E-state index in [-0.39, 0.29) is 17.0 Å². The molecule has 0 atom stereocenters. The molecule has 0 unspecified atom stereocenters. The lowest BCUT2D eigenvalue weighted by molar-refractivity contribution is -0.138. The van der Waals surface area contributed by atoms with Crippen molar-refractivity contribution in [3.8, 4) is 0 Å². The molecule has 1 aromatic rings. The summed E-state index contributed by atoms with van der Waals surface area (Å²) in [5.74, 6) is -0.778. The molecule has 0 heterocycles. The standard InChI is InChI=1S/C14H15NO3/c1-2-3-8-18-14(17)11-12(15)9-6-4-5-7-10(9)13(11)16/h4-7,15-16H,2-3,8H2,1H3. The van der Waals surface area contributed by atoms with Crippen molar-refractivity contribution in [2.45, 2.75) is 19.8 Å². The number of ether oxygens (including phenoxy) is 1. The van der Waals surface area contributed by atoms with Gasteiger partial charge in [0.1, 0.15) is 11.3 Å². The van der Waals surface area contributed by atoms with Crippen LogP contribution in [0.15, 0.2) is 29.8 Å². The molecular weight excluding hydrogens is 230 g/mol. The van der Waals surface area contributed by atoms with Crippen molar-refractivity contribution >= 4 is 17.4 Å². The minimum Gasteiger partial charge on any atom is -0.506 e. The van der Waals surface area contributed by atoms with Crippen molar-refractivity contribution in [2.75, 3.05) is 6.61 Å². The highest BCUT2D eigenvalue weighted by molar-refractivity contribution is 6.33. The molecule has 94 valence electrons. The summed E-state index contributed by atoms with van der Waals surface area (Å²) < 4.78 is 5.04. The first-order chi connectivity index (χ1) is 8.66. The van der Waals surface area contributed by atoms with Gasteiger partial charge in [0.25, 0.3) is 0 Å². The van der Waals surface area contributed by atoms with E-state index >= 15 is 0 Å². The average Bonchev–Trinajstić information content (AvgIpc) is 2.63. The quantitative estimate of drug-likeness (QED) is 0.633. The van der Waals surface area contributed by atoms with Crippen LogP contribution >= 0.6 is 0 Å². The van der Waals surface area contributed by atoms with E-state index in [1.54, 1.807) is 24.3 Å². The number of hydrogen-bond acceptors (Lipinski definition) is 4. The molecule has 4 heteroatoms. The van der Waals surface area contributed by atoms with Crippen molar-refractivity contribution in [1.29, 1.82) is 5.41 Å². The van der Waals surface area contributed by atoms with Gasteiger partial charge in [-0.3, -0.25) is 5.41 Å². The Kier molecular flexibility index (Phi) is 3.46. The molecule has 0 aliphatic heterocycles. The lowest BCUT2D eigenvalue weighted by atomic mass is 10.1. The number of unbranched alkanes of at least 4 members (excludes halogenated alkanes) is 1. The molecule has 4 nitrogen and oxygen atoms in total. The Morgan fingerprint density at radius 1 is 1.33 bits per heavy atom. The van der Waals surface area contributed by atoms with Gasteiger partial charge < -0.3 is 9.84 Å². The molecule has 0 aromatic heterocycles. The van der Waals surface area contributed by atoms with Crippen molar-refractivity contribution in [3.63, 3.8) is 0 Å². The van der Waals surface area contributed by atoms with E-state index in [4.69, 9.17) is 10.1 Å². The summed E-state index contributed by atoms with van der Waals surface area (Å²) in [6, 6.07) is 6.92. The lowest BCUT2D eigenvalue weighted by Crippen LogP contribution is -2.14. The van der Waals surface area contributed by atoms with E-state index in [0.29, 0.717) is 17.7 Å². The minimum absolute atomic E-state index is 0.0320. The Balaban J connectivity index is 2.23. The number of fused-ring (bicyclic) bond motifs is 1. The number of rotatable bonds is 4. The summed E-state index contributed by atoms with van der Waals surface area (Å²) in [6.07, 6.45) is 1.70. The fraction of sp³-hybridized carbons (Fsp3) is 0.286. The van der Waals surface area contributed by atoms with E-state index in [9.17, 15) is 9.90 Å². The van der Waals surface area contributed by atoms with Crippen LogP contribution in [0.5, 0.6) is 0 Å². The summed E-state index contributed by atoms with van der Waals surface area (Å²) in [7, 11) is 0. The van der Waals surface area contributed by atoms with E-state index in [1.807, 2.05) is 6.92 Å². The Morgan fingerprint density at radius 3 is 2.61 bits per heavy atom. The summed E-state index contributed by atoms with van der Waals surface area (Å²) in [5, 5.41) is 17.9. The van der Waals surface area contributed by atoms with Gasteiger partial charge in [0.2, 0.25) is 0 Å². The van der Waals surface area contributed by atoms with Crippen LogP contribution in [-0.4, -0.2) is 23.4 Å². The lowest BCUT2D eigenvalue weighted by Gasteiger charge is -2.05. The third kappa shape index (κ3) is 2.01. The van der Waals surface area contributed by atoms with Gasteiger partial charge in [-0.25, -0.2) is 4.79 Å². The number of hydrogen-bond donors (Lipinski definition) is 2. The molecule has 0 bridgehead atoms. The van der Waals surface area contributed by atoms with E-state index in [0.717, 1.165) is 12.8 Å². The van der Waals surface area contributed by atoms with Gasteiger partial charge in [-0.1, -0.05) is 37.6 Å². The van der Waals surface area contributed by atoms with Gasteiger partial charge in [0, 0.05) is 11.1 Å². The second kappa shape index (κ2) is 5.04. The number of benzene rings is 1. The Bertz CT molecular complexity index is 532. The van der Waals surface area contributed by atoms with Crippen molar-refractivity contribution < 1.29 is 14.6 Å². The topological polar surface area (TPSA) is 70.4 Å². The summed E-state index contributed by atoms with van der Waals surface area (Å²) >= 11 is 0. The van der Waals surface area contributed by atoms with Gasteiger partial charge in [-0.2, -0.15) is 0 Å². The second-order valence-electron chi connectivity index (χ2n) is 4.13. The molecule has 1 aromatic carbocycles. The van der Waals surface area contributed by atoms with E-state index in [2.05, 4.69) is 0 Å². The fourth-order valence-electron chi connectivity index (χ4n) is 1.88. The number of carbonyl (C=O) groups excluding carboxylic acids is 1. The molecule has 18 heavy (non-hydrogen) atoms. The summed E-state index contributed by atoms with van der Waals surface area (Å²) in [6.45, 7) is 2.31. The van der Waals surface area contributed by atoms with Crippen LogP contribution in [0.25, 0.3) is 5.76 Å². The second-order valence-corrected chi connectivity index (χ2v) is 4.13. The van der Waals surface area contributed by atoms with Crippen molar-refractivity contribution in [1.82, 2.24) is 0 Å². The number of nitrogens with one attached hydrogen (secondary N) is 1. The van der Waals surface area contributed by atoms with Crippen LogP contribution < -0.4 is 0 Å². The number of aliphatic hydroxyl groups excluding tert-OH is 1. The van der Waals surface area contributed by atoms with E-state index < -0.39 is 5.97 Å². The summed E-state index contributed by atoms with van der Waals surface area (Å²) in [5.41, 5.74) is 1.08. The summed E-state index contributed by atoms with van der Waals surface area (Å²) in [4.78, 5) is 11.8. The van der Waals surface area contributed by atoms with Crippen molar-refractivity contribution in [2.24, 2.45) is 0 Å². The Hall–Kier alpha value is -2.10. The van der Waals surface area contributed by atoms with Crippen LogP contribution in [0, 0.1) is 5.41 Å². The van der Waals surface area contributed by atoms with Crippen LogP contribution in [0.3, 0.4) is 0 Å². The highest BCUT2D eigenvalue weighted by Crippen LogP contribution is 2.31. The Labute approximate surface area is 105 Å². The SMILES string of the molecule is CCCCOC(=O)C1=C(O)c2ccccc2C1=N. The fourth-order valence-corrected chi connectivity index (χ4v) is 1.88. The zero-order valence-electron chi connectivity index (χ0n) is 10.2. The third-order valence-corrected chi connectivity index (χ3v) is 2.87. The van der Waals surface area contributed by atoms with Gasteiger partial charge in [-0.05, 0) is 6.42 Å². The van der Waals surface area contributed by atoms with Crippen molar-refractivity contribution in [3.05, 3.63) is 41.0 Å². The number of esters is 1. The average molecular weight is 245 g/mol. The number of carbonyl (C=O) groups is 1. The monoisotopic (exact) mass is 245 g/mol. The van der Waals surface area contributed by atoms with Crippen LogP contribution in [0.1, 0.15) is 30.9 Å². The highest BCUT2D eigenvalue weighted by atomic mass is 16.5. The predicted molar refractivity (Wildman–Crippen MR) is 68.7 cm³/mol. The van der Waals surface area contributed by atoms with Crippen LogP contribution in [0.2, 0.25) is 0 Å².